The summed E-state index contributed by atoms with van der Waals surface area (Å²) in [5, 5.41) is 0. The molecular formula is C22H36N2O3S. The molecular weight excluding hydrogens is 372 g/mol. The second kappa shape index (κ2) is 9.59. The number of hydrogen-bond acceptors (Lipinski definition) is 4. The van der Waals surface area contributed by atoms with Crippen molar-refractivity contribution in [3.8, 4) is 5.75 Å². The Kier molecular flexibility index (Phi) is 7.40. The Bertz CT molecular complexity index is 740. The maximum Gasteiger partial charge on any atom is 0.211 e. The predicted octanol–water partition coefficient (Wildman–Crippen LogP) is 3.67. The number of unbranched alkanes of at least 4 members (excludes halogenated alkanes) is 1. The van der Waals surface area contributed by atoms with Gasteiger partial charge in [-0.05, 0) is 82.2 Å². The monoisotopic (exact) mass is 408 g/mol. The van der Waals surface area contributed by atoms with E-state index in [4.69, 9.17) is 4.74 Å². The lowest BCUT2D eigenvalue weighted by atomic mass is 9.91. The van der Waals surface area contributed by atoms with Crippen LogP contribution in [0.15, 0.2) is 18.2 Å². The summed E-state index contributed by atoms with van der Waals surface area (Å²) in [6.45, 7) is 8.83. The third-order valence-electron chi connectivity index (χ3n) is 6.30. The highest BCUT2D eigenvalue weighted by Crippen LogP contribution is 2.29. The molecule has 0 aromatic heterocycles. The number of rotatable bonds is 8. The quantitative estimate of drug-likeness (QED) is 0.616. The maximum absolute atomic E-state index is 11.8. The molecule has 0 saturated carbocycles. The zero-order valence-corrected chi connectivity index (χ0v) is 18.5. The Hall–Kier alpha value is -1.11. The van der Waals surface area contributed by atoms with Crippen molar-refractivity contribution in [3.63, 3.8) is 0 Å². The molecule has 6 heteroatoms. The standard InChI is InChI=1S/C22H36N2O3S/c1-18(2)23-13-10-19(11-14-23)7-4-5-16-27-22-9-6-8-20-17-24(28(3,25)26)15-12-21(20)22/h6,8-9,18-19H,4-5,7,10-17H2,1-3H3. The lowest BCUT2D eigenvalue weighted by molar-refractivity contribution is 0.143. The van der Waals surface area contributed by atoms with Gasteiger partial charge in [0.05, 0.1) is 12.9 Å². The van der Waals surface area contributed by atoms with Crippen LogP contribution in [-0.2, 0) is 23.0 Å². The van der Waals surface area contributed by atoms with Gasteiger partial charge >= 0.3 is 0 Å². The third kappa shape index (κ3) is 5.71. The minimum atomic E-state index is -3.14. The van der Waals surface area contributed by atoms with E-state index in [-0.39, 0.29) is 0 Å². The van der Waals surface area contributed by atoms with Gasteiger partial charge in [-0.2, -0.15) is 4.31 Å². The zero-order valence-electron chi connectivity index (χ0n) is 17.7. The van der Waals surface area contributed by atoms with Crippen LogP contribution in [0.25, 0.3) is 0 Å². The number of nitrogens with zero attached hydrogens (tertiary/aromatic N) is 2. The van der Waals surface area contributed by atoms with Gasteiger partial charge in [0.1, 0.15) is 5.75 Å². The van der Waals surface area contributed by atoms with Crippen LogP contribution in [-0.4, -0.2) is 56.2 Å². The van der Waals surface area contributed by atoms with E-state index in [0.29, 0.717) is 19.1 Å². The van der Waals surface area contributed by atoms with E-state index in [1.54, 1.807) is 4.31 Å². The summed E-state index contributed by atoms with van der Waals surface area (Å²) < 4.78 is 31.2. The Labute approximate surface area is 171 Å². The highest BCUT2D eigenvalue weighted by molar-refractivity contribution is 7.88. The summed E-state index contributed by atoms with van der Waals surface area (Å²) in [5.74, 6) is 1.82. The first-order valence-corrected chi connectivity index (χ1v) is 12.6. The average molecular weight is 409 g/mol. The molecule has 0 bridgehead atoms. The molecule has 3 rings (SSSR count). The molecule has 28 heavy (non-hydrogen) atoms. The van der Waals surface area contributed by atoms with Crippen molar-refractivity contribution in [2.45, 2.75) is 65.0 Å². The fourth-order valence-electron chi connectivity index (χ4n) is 4.44. The molecule has 1 saturated heterocycles. The lowest BCUT2D eigenvalue weighted by Crippen LogP contribution is -2.38. The Morgan fingerprint density at radius 2 is 1.89 bits per heavy atom. The Morgan fingerprint density at radius 1 is 1.14 bits per heavy atom. The smallest absolute Gasteiger partial charge is 0.211 e. The van der Waals surface area contributed by atoms with E-state index in [0.717, 1.165) is 36.7 Å². The molecule has 0 spiro atoms. The second-order valence-corrected chi connectivity index (χ2v) is 10.6. The minimum absolute atomic E-state index is 0.459. The third-order valence-corrected chi connectivity index (χ3v) is 7.55. The van der Waals surface area contributed by atoms with Crippen molar-refractivity contribution in [3.05, 3.63) is 29.3 Å². The van der Waals surface area contributed by atoms with E-state index >= 15 is 0 Å². The number of hydrogen-bond donors (Lipinski definition) is 0. The first kappa shape index (κ1) is 21.6. The van der Waals surface area contributed by atoms with E-state index in [1.165, 1.54) is 50.6 Å². The van der Waals surface area contributed by atoms with Crippen LogP contribution in [0, 0.1) is 5.92 Å². The van der Waals surface area contributed by atoms with Crippen molar-refractivity contribution in [1.29, 1.82) is 0 Å². The predicted molar refractivity (Wildman–Crippen MR) is 114 cm³/mol. The molecule has 1 aromatic carbocycles. The zero-order chi connectivity index (χ0) is 20.1. The second-order valence-electron chi connectivity index (χ2n) is 8.66. The van der Waals surface area contributed by atoms with Gasteiger partial charge in [-0.1, -0.05) is 18.6 Å². The number of likely N-dealkylation sites (tertiary alicyclic amines) is 1. The fourth-order valence-corrected chi connectivity index (χ4v) is 5.24. The van der Waals surface area contributed by atoms with Crippen molar-refractivity contribution in [2.24, 2.45) is 5.92 Å². The first-order chi connectivity index (χ1) is 13.3. The molecule has 2 aliphatic heterocycles. The number of ether oxygens (including phenoxy) is 1. The summed E-state index contributed by atoms with van der Waals surface area (Å²) in [5.41, 5.74) is 2.26. The SMILES string of the molecule is CC(C)N1CCC(CCCCOc2cccc3c2CCN(S(C)(=O)=O)C3)CC1. The molecule has 2 heterocycles. The molecule has 0 atom stereocenters. The van der Waals surface area contributed by atoms with Crippen LogP contribution in [0.1, 0.15) is 57.1 Å². The molecule has 158 valence electrons. The van der Waals surface area contributed by atoms with Gasteiger partial charge in [0, 0.05) is 19.1 Å². The molecule has 1 aromatic rings. The number of benzene rings is 1. The molecule has 5 nitrogen and oxygen atoms in total. The van der Waals surface area contributed by atoms with Crippen LogP contribution in [0.5, 0.6) is 5.75 Å². The molecule has 0 N–H and O–H groups in total. The highest BCUT2D eigenvalue weighted by Gasteiger charge is 2.25. The van der Waals surface area contributed by atoms with Gasteiger partial charge in [-0.25, -0.2) is 8.42 Å². The van der Waals surface area contributed by atoms with Crippen LogP contribution < -0.4 is 4.74 Å². The van der Waals surface area contributed by atoms with Gasteiger partial charge in [-0.15, -0.1) is 0 Å². The first-order valence-electron chi connectivity index (χ1n) is 10.8. The molecule has 1 fully saturated rings. The van der Waals surface area contributed by atoms with Crippen molar-refractivity contribution < 1.29 is 13.2 Å². The van der Waals surface area contributed by atoms with E-state index < -0.39 is 10.0 Å². The molecule has 0 aliphatic carbocycles. The van der Waals surface area contributed by atoms with E-state index in [1.807, 2.05) is 18.2 Å². The van der Waals surface area contributed by atoms with Gasteiger partial charge in [0.2, 0.25) is 10.0 Å². The summed E-state index contributed by atoms with van der Waals surface area (Å²) in [4.78, 5) is 2.59. The van der Waals surface area contributed by atoms with Crippen molar-refractivity contribution in [1.82, 2.24) is 9.21 Å². The largest absolute Gasteiger partial charge is 0.493 e. The van der Waals surface area contributed by atoms with Gasteiger partial charge < -0.3 is 9.64 Å². The fraction of sp³-hybridized carbons (Fsp3) is 0.727. The molecule has 0 radical (unpaired) electrons. The summed E-state index contributed by atoms with van der Waals surface area (Å²) in [6, 6.07) is 6.69. The van der Waals surface area contributed by atoms with E-state index in [2.05, 4.69) is 18.7 Å². The van der Waals surface area contributed by atoms with Crippen LogP contribution in [0.3, 0.4) is 0 Å². The number of sulfonamides is 1. The average Bonchev–Trinajstić information content (AvgIpc) is 2.67. The Balaban J connectivity index is 1.41. The highest BCUT2D eigenvalue weighted by atomic mass is 32.2. The van der Waals surface area contributed by atoms with Crippen molar-refractivity contribution in [2.75, 3.05) is 32.5 Å². The summed E-state index contributed by atoms with van der Waals surface area (Å²) in [7, 11) is -3.14. The molecule has 2 aliphatic rings. The lowest BCUT2D eigenvalue weighted by Gasteiger charge is -2.34. The number of piperidine rings is 1. The van der Waals surface area contributed by atoms with E-state index in [9.17, 15) is 8.42 Å². The van der Waals surface area contributed by atoms with Crippen LogP contribution in [0.2, 0.25) is 0 Å². The van der Waals surface area contributed by atoms with Crippen LogP contribution in [0.4, 0.5) is 0 Å². The van der Waals surface area contributed by atoms with Gasteiger partial charge in [0.15, 0.2) is 0 Å². The summed E-state index contributed by atoms with van der Waals surface area (Å²) in [6.07, 6.45) is 8.31. The van der Waals surface area contributed by atoms with Crippen LogP contribution >= 0.6 is 0 Å². The maximum atomic E-state index is 11.8. The summed E-state index contributed by atoms with van der Waals surface area (Å²) >= 11 is 0. The molecule has 0 amide bonds. The number of fused-ring (bicyclic) bond motifs is 1. The molecule has 0 unspecified atom stereocenters. The minimum Gasteiger partial charge on any atom is -0.493 e. The van der Waals surface area contributed by atoms with Crippen molar-refractivity contribution >= 4 is 10.0 Å². The normalized spacial score (nSPS) is 19.7. The topological polar surface area (TPSA) is 49.9 Å². The Morgan fingerprint density at radius 3 is 2.57 bits per heavy atom. The van der Waals surface area contributed by atoms with Gasteiger partial charge in [0.25, 0.3) is 0 Å². The van der Waals surface area contributed by atoms with Gasteiger partial charge in [-0.3, -0.25) is 0 Å².